The van der Waals surface area contributed by atoms with E-state index in [1.54, 1.807) is 0 Å². The Morgan fingerprint density at radius 2 is 1.94 bits per heavy atom. The molecule has 6 heteroatoms. The summed E-state index contributed by atoms with van der Waals surface area (Å²) in [5.74, 6) is 2.00. The summed E-state index contributed by atoms with van der Waals surface area (Å²) < 4.78 is 11.4. The molecule has 1 saturated heterocycles. The lowest BCUT2D eigenvalue weighted by atomic mass is 9.85. The van der Waals surface area contributed by atoms with Gasteiger partial charge in [-0.05, 0) is 75.6 Å². The number of ether oxygens (including phenoxy) is 2. The van der Waals surface area contributed by atoms with Gasteiger partial charge in [0.1, 0.15) is 11.4 Å². The molecular formula is C26H39N3O3. The number of hydrogen-bond acceptors (Lipinski definition) is 4. The number of fused-ring (bicyclic) bond motifs is 1. The van der Waals surface area contributed by atoms with Crippen LogP contribution in [0.15, 0.2) is 24.3 Å². The molecule has 4 rings (SSSR count). The second kappa shape index (κ2) is 10.7. The Labute approximate surface area is 192 Å². The predicted molar refractivity (Wildman–Crippen MR) is 128 cm³/mol. The lowest BCUT2D eigenvalue weighted by molar-refractivity contribution is 0.0356. The fourth-order valence-electron chi connectivity index (χ4n) is 5.07. The zero-order valence-electron chi connectivity index (χ0n) is 19.9. The van der Waals surface area contributed by atoms with Gasteiger partial charge in [-0.3, -0.25) is 4.79 Å². The Kier molecular flexibility index (Phi) is 7.74. The molecule has 1 amide bonds. The molecule has 1 aromatic carbocycles. The number of nitrogens with one attached hydrogen (secondary N) is 2. The Morgan fingerprint density at radius 1 is 1.19 bits per heavy atom. The lowest BCUT2D eigenvalue weighted by Gasteiger charge is -2.36. The molecule has 1 aliphatic carbocycles. The average molecular weight is 442 g/mol. The Bertz CT molecular complexity index is 880. The molecular weight excluding hydrogens is 402 g/mol. The molecule has 1 saturated carbocycles. The third-order valence-electron chi connectivity index (χ3n) is 6.98. The van der Waals surface area contributed by atoms with Gasteiger partial charge in [-0.2, -0.15) is 0 Å². The average Bonchev–Trinajstić information content (AvgIpc) is 3.25. The van der Waals surface area contributed by atoms with Crippen molar-refractivity contribution >= 4 is 16.8 Å². The SMILES string of the molecule is CC(C)COc1cccc2[nH]c(C(=O)NC3CCC(CN(C)C4CCOCC4)CC3)cc12. The molecule has 2 heterocycles. The van der Waals surface area contributed by atoms with Crippen LogP contribution in [0.25, 0.3) is 10.9 Å². The third kappa shape index (κ3) is 5.84. The molecule has 2 N–H and O–H groups in total. The molecule has 176 valence electrons. The molecule has 0 radical (unpaired) electrons. The number of rotatable bonds is 8. The first-order valence-electron chi connectivity index (χ1n) is 12.3. The van der Waals surface area contributed by atoms with Crippen molar-refractivity contribution in [1.29, 1.82) is 0 Å². The number of benzene rings is 1. The minimum Gasteiger partial charge on any atom is -0.493 e. The monoisotopic (exact) mass is 441 g/mol. The van der Waals surface area contributed by atoms with Crippen LogP contribution in [0.4, 0.5) is 0 Å². The van der Waals surface area contributed by atoms with Crippen LogP contribution in [0.1, 0.15) is 62.9 Å². The summed E-state index contributed by atoms with van der Waals surface area (Å²) in [5.41, 5.74) is 1.55. The van der Waals surface area contributed by atoms with Gasteiger partial charge in [-0.1, -0.05) is 19.9 Å². The van der Waals surface area contributed by atoms with E-state index in [1.807, 2.05) is 24.3 Å². The number of hydrogen-bond donors (Lipinski definition) is 2. The first kappa shape index (κ1) is 23.1. The molecule has 2 fully saturated rings. The number of nitrogens with zero attached hydrogens (tertiary/aromatic N) is 1. The summed E-state index contributed by atoms with van der Waals surface area (Å²) in [6.45, 7) is 7.88. The summed E-state index contributed by atoms with van der Waals surface area (Å²) in [4.78, 5) is 18.7. The first-order chi connectivity index (χ1) is 15.5. The second-order valence-corrected chi connectivity index (χ2v) is 10.1. The van der Waals surface area contributed by atoms with Crippen molar-refractivity contribution in [3.05, 3.63) is 30.0 Å². The van der Waals surface area contributed by atoms with E-state index >= 15 is 0 Å². The number of aromatic nitrogens is 1. The van der Waals surface area contributed by atoms with Crippen molar-refractivity contribution in [2.45, 2.75) is 64.5 Å². The van der Waals surface area contributed by atoms with Gasteiger partial charge in [0.05, 0.1) is 6.61 Å². The van der Waals surface area contributed by atoms with E-state index in [0.717, 1.165) is 68.0 Å². The Morgan fingerprint density at radius 3 is 2.66 bits per heavy atom. The topological polar surface area (TPSA) is 66.6 Å². The zero-order valence-corrected chi connectivity index (χ0v) is 19.9. The van der Waals surface area contributed by atoms with E-state index in [9.17, 15) is 4.79 Å². The van der Waals surface area contributed by atoms with E-state index < -0.39 is 0 Å². The van der Waals surface area contributed by atoms with Gasteiger partial charge in [0, 0.05) is 42.7 Å². The van der Waals surface area contributed by atoms with Gasteiger partial charge in [0.15, 0.2) is 0 Å². The van der Waals surface area contributed by atoms with Crippen molar-refractivity contribution in [2.24, 2.45) is 11.8 Å². The molecule has 2 aromatic rings. The largest absolute Gasteiger partial charge is 0.493 e. The van der Waals surface area contributed by atoms with Crippen LogP contribution in [0.3, 0.4) is 0 Å². The minimum atomic E-state index is -0.0150. The van der Waals surface area contributed by atoms with Crippen LogP contribution in [0, 0.1) is 11.8 Å². The van der Waals surface area contributed by atoms with E-state index in [0.29, 0.717) is 24.3 Å². The van der Waals surface area contributed by atoms with Crippen LogP contribution in [0.2, 0.25) is 0 Å². The number of aromatic amines is 1. The fraction of sp³-hybridized carbons (Fsp3) is 0.654. The maximum Gasteiger partial charge on any atom is 0.267 e. The number of H-pyrrole nitrogens is 1. The highest BCUT2D eigenvalue weighted by atomic mass is 16.5. The Hall–Kier alpha value is -2.05. The van der Waals surface area contributed by atoms with Crippen molar-refractivity contribution in [2.75, 3.05) is 33.4 Å². The molecule has 2 aliphatic rings. The van der Waals surface area contributed by atoms with Crippen molar-refractivity contribution in [3.63, 3.8) is 0 Å². The predicted octanol–water partition coefficient (Wildman–Crippen LogP) is 4.60. The molecule has 0 unspecified atom stereocenters. The Balaban J connectivity index is 1.28. The third-order valence-corrected chi connectivity index (χ3v) is 6.98. The van der Waals surface area contributed by atoms with E-state index in [-0.39, 0.29) is 11.9 Å². The summed E-state index contributed by atoms with van der Waals surface area (Å²) >= 11 is 0. The maximum absolute atomic E-state index is 12.9. The summed E-state index contributed by atoms with van der Waals surface area (Å²) in [7, 11) is 2.26. The number of carbonyl (C=O) groups excluding carboxylic acids is 1. The van der Waals surface area contributed by atoms with Gasteiger partial charge in [0.2, 0.25) is 0 Å². The van der Waals surface area contributed by atoms with Crippen LogP contribution in [-0.2, 0) is 4.74 Å². The van der Waals surface area contributed by atoms with Crippen LogP contribution >= 0.6 is 0 Å². The molecule has 1 aliphatic heterocycles. The summed E-state index contributed by atoms with van der Waals surface area (Å²) in [5, 5.41) is 4.23. The highest BCUT2D eigenvalue weighted by molar-refractivity contribution is 5.99. The highest BCUT2D eigenvalue weighted by Crippen LogP contribution is 2.29. The van der Waals surface area contributed by atoms with Gasteiger partial charge >= 0.3 is 0 Å². The molecule has 6 nitrogen and oxygen atoms in total. The van der Waals surface area contributed by atoms with Crippen LogP contribution < -0.4 is 10.1 Å². The van der Waals surface area contributed by atoms with E-state index in [1.165, 1.54) is 12.8 Å². The van der Waals surface area contributed by atoms with E-state index in [2.05, 4.69) is 36.1 Å². The van der Waals surface area contributed by atoms with Crippen molar-refractivity contribution < 1.29 is 14.3 Å². The van der Waals surface area contributed by atoms with Gasteiger partial charge in [-0.15, -0.1) is 0 Å². The quantitative estimate of drug-likeness (QED) is 0.628. The van der Waals surface area contributed by atoms with Gasteiger partial charge in [-0.25, -0.2) is 0 Å². The molecule has 32 heavy (non-hydrogen) atoms. The van der Waals surface area contributed by atoms with Gasteiger partial charge in [0.25, 0.3) is 5.91 Å². The minimum absolute atomic E-state index is 0.0150. The highest BCUT2D eigenvalue weighted by Gasteiger charge is 2.26. The first-order valence-corrected chi connectivity index (χ1v) is 12.3. The maximum atomic E-state index is 12.9. The second-order valence-electron chi connectivity index (χ2n) is 10.1. The van der Waals surface area contributed by atoms with E-state index in [4.69, 9.17) is 9.47 Å². The smallest absolute Gasteiger partial charge is 0.267 e. The number of amides is 1. The van der Waals surface area contributed by atoms with Crippen molar-refractivity contribution in [1.82, 2.24) is 15.2 Å². The van der Waals surface area contributed by atoms with Crippen LogP contribution in [0.5, 0.6) is 5.75 Å². The van der Waals surface area contributed by atoms with Gasteiger partial charge < -0.3 is 24.7 Å². The molecule has 1 aromatic heterocycles. The number of carbonyl (C=O) groups is 1. The molecule has 0 atom stereocenters. The molecule has 0 bridgehead atoms. The standard InChI is InChI=1S/C26H39N3O3/c1-18(2)17-32-25-6-4-5-23-22(25)15-24(28-23)26(30)27-20-9-7-19(8-10-20)16-29(3)21-11-13-31-14-12-21/h4-6,15,18-21,28H,7-14,16-17H2,1-3H3,(H,27,30). The van der Waals surface area contributed by atoms with Crippen LogP contribution in [-0.4, -0.2) is 61.3 Å². The summed E-state index contributed by atoms with van der Waals surface area (Å²) in [6.07, 6.45) is 6.77. The summed E-state index contributed by atoms with van der Waals surface area (Å²) in [6, 6.07) is 8.78. The fourth-order valence-corrected chi connectivity index (χ4v) is 5.07. The normalized spacial score (nSPS) is 22.5. The lowest BCUT2D eigenvalue weighted by Crippen LogP contribution is -2.42. The zero-order chi connectivity index (χ0) is 22.5. The molecule has 0 spiro atoms. The van der Waals surface area contributed by atoms with Crippen molar-refractivity contribution in [3.8, 4) is 5.75 Å².